The molecule has 2 rings (SSSR count). The molecule has 2 aromatic rings. The molecule has 0 fully saturated rings. The predicted molar refractivity (Wildman–Crippen MR) is 82.7 cm³/mol. The van der Waals surface area contributed by atoms with Crippen LogP contribution in [0.15, 0.2) is 30.3 Å². The molecule has 0 aliphatic heterocycles. The van der Waals surface area contributed by atoms with Gasteiger partial charge in [0.15, 0.2) is 0 Å². The van der Waals surface area contributed by atoms with Crippen LogP contribution in [0, 0.1) is 18.3 Å². The topological polar surface area (TPSA) is 40.8 Å². The maximum atomic E-state index is 9.03. The Morgan fingerprint density at radius 3 is 2.40 bits per heavy atom. The van der Waals surface area contributed by atoms with Crippen LogP contribution in [0.5, 0.6) is 0 Å². The standard InChI is InChI=1S/C17H21N3/c1-12(2)14-5-7-16(8-6-14)19-11-15-9-17(10-18)20(4)13(15)3/h5-9,12,19H,11H2,1-4H3. The van der Waals surface area contributed by atoms with Crippen molar-refractivity contribution < 1.29 is 0 Å². The molecule has 0 radical (unpaired) electrons. The van der Waals surface area contributed by atoms with Crippen LogP contribution >= 0.6 is 0 Å². The number of hydrogen-bond donors (Lipinski definition) is 1. The van der Waals surface area contributed by atoms with Gasteiger partial charge < -0.3 is 9.88 Å². The Kier molecular flexibility index (Phi) is 4.14. The van der Waals surface area contributed by atoms with Gasteiger partial charge in [-0.2, -0.15) is 5.26 Å². The minimum Gasteiger partial charge on any atom is -0.381 e. The fourth-order valence-electron chi connectivity index (χ4n) is 2.23. The van der Waals surface area contributed by atoms with E-state index >= 15 is 0 Å². The Bertz CT molecular complexity index is 627. The van der Waals surface area contributed by atoms with E-state index in [0.717, 1.165) is 23.5 Å². The van der Waals surface area contributed by atoms with Crippen molar-refractivity contribution in [1.29, 1.82) is 5.26 Å². The van der Waals surface area contributed by atoms with E-state index in [2.05, 4.69) is 49.5 Å². The number of nitriles is 1. The smallest absolute Gasteiger partial charge is 0.120 e. The van der Waals surface area contributed by atoms with E-state index in [-0.39, 0.29) is 0 Å². The lowest BCUT2D eigenvalue weighted by Gasteiger charge is -2.09. The van der Waals surface area contributed by atoms with Crippen LogP contribution in [-0.2, 0) is 13.6 Å². The normalized spacial score (nSPS) is 10.6. The van der Waals surface area contributed by atoms with Crippen molar-refractivity contribution in [3.63, 3.8) is 0 Å². The number of hydrogen-bond acceptors (Lipinski definition) is 2. The van der Waals surface area contributed by atoms with Crippen LogP contribution in [0.1, 0.15) is 42.3 Å². The first kappa shape index (κ1) is 14.2. The largest absolute Gasteiger partial charge is 0.381 e. The van der Waals surface area contributed by atoms with Gasteiger partial charge in [0, 0.05) is 25.0 Å². The molecule has 0 spiro atoms. The van der Waals surface area contributed by atoms with Crippen LogP contribution in [0.4, 0.5) is 5.69 Å². The Morgan fingerprint density at radius 2 is 1.90 bits per heavy atom. The molecule has 3 nitrogen and oxygen atoms in total. The van der Waals surface area contributed by atoms with Gasteiger partial charge in [-0.05, 0) is 42.2 Å². The number of rotatable bonds is 4. The zero-order chi connectivity index (χ0) is 14.7. The number of aromatic nitrogens is 1. The molecule has 20 heavy (non-hydrogen) atoms. The van der Waals surface area contributed by atoms with Gasteiger partial charge in [-0.25, -0.2) is 0 Å². The molecule has 0 amide bonds. The van der Waals surface area contributed by atoms with Gasteiger partial charge in [-0.15, -0.1) is 0 Å². The molecule has 104 valence electrons. The van der Waals surface area contributed by atoms with Crippen molar-refractivity contribution in [1.82, 2.24) is 4.57 Å². The molecule has 0 saturated heterocycles. The molecule has 0 aliphatic rings. The number of benzene rings is 1. The van der Waals surface area contributed by atoms with E-state index in [9.17, 15) is 0 Å². The molecular formula is C17H21N3. The van der Waals surface area contributed by atoms with Crippen molar-refractivity contribution in [2.75, 3.05) is 5.32 Å². The lowest BCUT2D eigenvalue weighted by Crippen LogP contribution is -2.01. The summed E-state index contributed by atoms with van der Waals surface area (Å²) in [6.45, 7) is 7.17. The number of anilines is 1. The summed E-state index contributed by atoms with van der Waals surface area (Å²) >= 11 is 0. The van der Waals surface area contributed by atoms with Gasteiger partial charge >= 0.3 is 0 Å². The van der Waals surface area contributed by atoms with E-state index in [1.807, 2.05) is 24.6 Å². The van der Waals surface area contributed by atoms with E-state index in [1.165, 1.54) is 5.56 Å². The molecule has 1 N–H and O–H groups in total. The summed E-state index contributed by atoms with van der Waals surface area (Å²) in [4.78, 5) is 0. The van der Waals surface area contributed by atoms with Crippen molar-refractivity contribution >= 4 is 5.69 Å². The van der Waals surface area contributed by atoms with Gasteiger partial charge in [0.25, 0.3) is 0 Å². The van der Waals surface area contributed by atoms with E-state index in [1.54, 1.807) is 0 Å². The molecule has 1 aromatic carbocycles. The van der Waals surface area contributed by atoms with Crippen LogP contribution in [0.25, 0.3) is 0 Å². The molecule has 0 aliphatic carbocycles. The summed E-state index contributed by atoms with van der Waals surface area (Å²) < 4.78 is 1.93. The maximum Gasteiger partial charge on any atom is 0.120 e. The minimum atomic E-state index is 0.554. The van der Waals surface area contributed by atoms with Gasteiger partial charge in [-0.3, -0.25) is 0 Å². The first-order chi connectivity index (χ1) is 9.52. The third-order valence-corrected chi connectivity index (χ3v) is 3.82. The predicted octanol–water partition coefficient (Wildman–Crippen LogP) is 3.94. The fourth-order valence-corrected chi connectivity index (χ4v) is 2.23. The zero-order valence-electron chi connectivity index (χ0n) is 12.6. The minimum absolute atomic E-state index is 0.554. The fraction of sp³-hybridized carbons (Fsp3) is 0.353. The summed E-state index contributed by atoms with van der Waals surface area (Å²) in [5, 5.41) is 12.4. The first-order valence-electron chi connectivity index (χ1n) is 6.92. The average Bonchev–Trinajstić information content (AvgIpc) is 2.73. The number of nitrogens with one attached hydrogen (secondary N) is 1. The lowest BCUT2D eigenvalue weighted by molar-refractivity contribution is 0.856. The van der Waals surface area contributed by atoms with Crippen LogP contribution in [-0.4, -0.2) is 4.57 Å². The summed E-state index contributed by atoms with van der Waals surface area (Å²) in [6.07, 6.45) is 0. The summed E-state index contributed by atoms with van der Waals surface area (Å²) in [5.41, 5.74) is 5.45. The molecule has 1 aromatic heterocycles. The zero-order valence-corrected chi connectivity index (χ0v) is 12.6. The van der Waals surface area contributed by atoms with Crippen molar-refractivity contribution in [3.8, 4) is 6.07 Å². The SMILES string of the molecule is Cc1c(CNc2ccc(C(C)C)cc2)cc(C#N)n1C. The van der Waals surface area contributed by atoms with Crippen LogP contribution in [0.3, 0.4) is 0 Å². The van der Waals surface area contributed by atoms with Crippen molar-refractivity contribution in [2.24, 2.45) is 7.05 Å². The Balaban J connectivity index is 2.07. The Labute approximate surface area is 120 Å². The van der Waals surface area contributed by atoms with E-state index in [0.29, 0.717) is 11.6 Å². The van der Waals surface area contributed by atoms with Gasteiger partial charge in [0.1, 0.15) is 11.8 Å². The second-order valence-electron chi connectivity index (χ2n) is 5.44. The summed E-state index contributed by atoms with van der Waals surface area (Å²) in [6, 6.07) is 12.7. The summed E-state index contributed by atoms with van der Waals surface area (Å²) in [5.74, 6) is 0.554. The highest BCUT2D eigenvalue weighted by Gasteiger charge is 2.08. The molecule has 1 heterocycles. The third-order valence-electron chi connectivity index (χ3n) is 3.82. The monoisotopic (exact) mass is 267 g/mol. The van der Waals surface area contributed by atoms with Gasteiger partial charge in [-0.1, -0.05) is 26.0 Å². The highest BCUT2D eigenvalue weighted by molar-refractivity contribution is 5.46. The van der Waals surface area contributed by atoms with Crippen molar-refractivity contribution in [2.45, 2.75) is 33.2 Å². The van der Waals surface area contributed by atoms with Crippen molar-refractivity contribution in [3.05, 3.63) is 52.8 Å². The second-order valence-corrected chi connectivity index (χ2v) is 5.44. The van der Waals surface area contributed by atoms with Crippen LogP contribution in [0.2, 0.25) is 0 Å². The Hall–Kier alpha value is -2.21. The number of nitrogens with zero attached hydrogens (tertiary/aromatic N) is 2. The second kappa shape index (κ2) is 5.83. The molecular weight excluding hydrogens is 246 g/mol. The van der Waals surface area contributed by atoms with Crippen LogP contribution < -0.4 is 5.32 Å². The first-order valence-corrected chi connectivity index (χ1v) is 6.92. The molecule has 0 bridgehead atoms. The third kappa shape index (κ3) is 2.85. The Morgan fingerprint density at radius 1 is 1.25 bits per heavy atom. The maximum absolute atomic E-state index is 9.03. The highest BCUT2D eigenvalue weighted by Crippen LogP contribution is 2.19. The quantitative estimate of drug-likeness (QED) is 0.911. The van der Waals surface area contributed by atoms with E-state index in [4.69, 9.17) is 5.26 Å². The molecule has 0 atom stereocenters. The molecule has 3 heteroatoms. The van der Waals surface area contributed by atoms with Gasteiger partial charge in [0.05, 0.1) is 0 Å². The summed E-state index contributed by atoms with van der Waals surface area (Å²) in [7, 11) is 1.93. The van der Waals surface area contributed by atoms with Gasteiger partial charge in [0.2, 0.25) is 0 Å². The average molecular weight is 267 g/mol. The van der Waals surface area contributed by atoms with E-state index < -0.39 is 0 Å². The lowest BCUT2D eigenvalue weighted by atomic mass is 10.0. The molecule has 0 saturated carbocycles. The molecule has 0 unspecified atom stereocenters. The highest BCUT2D eigenvalue weighted by atomic mass is 15.0.